The minimum Gasteiger partial charge on any atom is -0.434 e. The summed E-state index contributed by atoms with van der Waals surface area (Å²) in [6.45, 7) is -0.300. The minimum atomic E-state index is -3.04. The molecule has 0 atom stereocenters. The summed E-state index contributed by atoms with van der Waals surface area (Å²) < 4.78 is 45.1. The summed E-state index contributed by atoms with van der Waals surface area (Å²) in [6, 6.07) is 3.78. The Balaban J connectivity index is 2.20. The van der Waals surface area contributed by atoms with Crippen LogP contribution in [0.15, 0.2) is 29.5 Å². The first kappa shape index (κ1) is 19.5. The van der Waals surface area contributed by atoms with Crippen LogP contribution in [0.3, 0.4) is 0 Å². The van der Waals surface area contributed by atoms with E-state index in [0.29, 0.717) is 24.9 Å². The second kappa shape index (κ2) is 9.07. The molecule has 0 aliphatic heterocycles. The third-order valence-corrected chi connectivity index (χ3v) is 3.56. The smallest absolute Gasteiger partial charge is 0.387 e. The van der Waals surface area contributed by atoms with Crippen LogP contribution >= 0.6 is 0 Å². The molecular weight excluding hydrogens is 349 g/mol. The maximum Gasteiger partial charge on any atom is 0.387 e. The van der Waals surface area contributed by atoms with Crippen molar-refractivity contribution in [2.75, 3.05) is 13.6 Å². The van der Waals surface area contributed by atoms with E-state index in [9.17, 15) is 13.2 Å². The molecule has 1 heterocycles. The third kappa shape index (κ3) is 5.11. The zero-order valence-electron chi connectivity index (χ0n) is 14.8. The van der Waals surface area contributed by atoms with E-state index in [-0.39, 0.29) is 17.9 Å². The molecule has 0 spiro atoms. The first-order valence-corrected chi connectivity index (χ1v) is 7.96. The van der Waals surface area contributed by atoms with E-state index in [1.807, 2.05) is 6.92 Å². The third-order valence-electron chi connectivity index (χ3n) is 3.56. The van der Waals surface area contributed by atoms with E-state index in [1.54, 1.807) is 23.7 Å². The molecule has 2 aromatic rings. The summed E-state index contributed by atoms with van der Waals surface area (Å²) in [7, 11) is 3.56. The highest BCUT2D eigenvalue weighted by Crippen LogP contribution is 2.24. The van der Waals surface area contributed by atoms with Gasteiger partial charge in [0.2, 0.25) is 0 Å². The van der Waals surface area contributed by atoms with Gasteiger partial charge in [-0.15, -0.1) is 0 Å². The van der Waals surface area contributed by atoms with Gasteiger partial charge in [-0.05, 0) is 19.1 Å². The highest BCUT2D eigenvalue weighted by atomic mass is 19.3. The second-order valence-corrected chi connectivity index (χ2v) is 5.42. The monoisotopic (exact) mass is 370 g/mol. The number of nitrogens with one attached hydrogen (secondary N) is 1. The maximum absolute atomic E-state index is 14.0. The summed E-state index contributed by atoms with van der Waals surface area (Å²) in [5.74, 6) is 0.307. The lowest BCUT2D eigenvalue weighted by molar-refractivity contribution is -0.0506. The molecule has 1 aromatic heterocycles. The van der Waals surface area contributed by atoms with Crippen LogP contribution in [-0.2, 0) is 20.1 Å². The van der Waals surface area contributed by atoms with Crippen molar-refractivity contribution in [2.45, 2.75) is 26.6 Å². The Bertz CT molecular complexity index is 749. The first-order chi connectivity index (χ1) is 12.4. The van der Waals surface area contributed by atoms with Gasteiger partial charge < -0.3 is 15.0 Å². The second-order valence-electron chi connectivity index (χ2n) is 5.42. The SMILES string of the molecule is CCNC(=NCc1c(F)cccc1OC(F)F)N(C)Cc1ncnn1C. The molecule has 0 amide bonds. The zero-order chi connectivity index (χ0) is 19.1. The Morgan fingerprint density at radius 2 is 2.19 bits per heavy atom. The van der Waals surface area contributed by atoms with Crippen LogP contribution in [0.5, 0.6) is 5.75 Å². The number of aromatic nitrogens is 3. The van der Waals surface area contributed by atoms with Crippen molar-refractivity contribution >= 4 is 5.96 Å². The molecule has 1 N–H and O–H groups in total. The highest BCUT2D eigenvalue weighted by Gasteiger charge is 2.15. The fourth-order valence-corrected chi connectivity index (χ4v) is 2.27. The van der Waals surface area contributed by atoms with Gasteiger partial charge in [-0.1, -0.05) is 6.07 Å². The molecule has 0 fully saturated rings. The highest BCUT2D eigenvalue weighted by molar-refractivity contribution is 5.79. The van der Waals surface area contributed by atoms with Crippen LogP contribution < -0.4 is 10.1 Å². The van der Waals surface area contributed by atoms with Gasteiger partial charge in [-0.25, -0.2) is 14.4 Å². The molecule has 0 unspecified atom stereocenters. The first-order valence-electron chi connectivity index (χ1n) is 7.96. The molecule has 7 nitrogen and oxygen atoms in total. The fourth-order valence-electron chi connectivity index (χ4n) is 2.27. The largest absolute Gasteiger partial charge is 0.434 e. The Hall–Kier alpha value is -2.78. The van der Waals surface area contributed by atoms with E-state index in [4.69, 9.17) is 0 Å². The lowest BCUT2D eigenvalue weighted by Crippen LogP contribution is -2.39. The van der Waals surface area contributed by atoms with Gasteiger partial charge in [0, 0.05) is 20.6 Å². The van der Waals surface area contributed by atoms with E-state index in [2.05, 4.69) is 25.1 Å². The number of nitrogens with zero attached hydrogens (tertiary/aromatic N) is 5. The molecule has 0 saturated carbocycles. The lowest BCUT2D eigenvalue weighted by Gasteiger charge is -2.21. The van der Waals surface area contributed by atoms with Crippen LogP contribution in [0.1, 0.15) is 18.3 Å². The van der Waals surface area contributed by atoms with Gasteiger partial charge in [-0.3, -0.25) is 4.68 Å². The van der Waals surface area contributed by atoms with Crippen molar-refractivity contribution < 1.29 is 17.9 Å². The number of ether oxygens (including phenoxy) is 1. The van der Waals surface area contributed by atoms with Crippen molar-refractivity contribution in [3.8, 4) is 5.75 Å². The topological polar surface area (TPSA) is 67.6 Å². The summed E-state index contributed by atoms with van der Waals surface area (Å²) >= 11 is 0. The molecule has 0 saturated heterocycles. The zero-order valence-corrected chi connectivity index (χ0v) is 14.8. The number of alkyl halides is 2. The van der Waals surface area contributed by atoms with E-state index in [1.165, 1.54) is 24.5 Å². The van der Waals surface area contributed by atoms with Crippen molar-refractivity contribution in [3.05, 3.63) is 41.7 Å². The molecule has 0 bridgehead atoms. The molecule has 2 rings (SSSR count). The van der Waals surface area contributed by atoms with Gasteiger partial charge in [0.1, 0.15) is 23.7 Å². The summed E-state index contributed by atoms with van der Waals surface area (Å²) in [5, 5.41) is 7.07. The standard InChI is InChI=1S/C16H21F3N6O/c1-4-20-16(24(2)9-14-22-10-23-25(14)3)21-8-11-12(17)6-5-7-13(11)26-15(18)19/h5-7,10,15H,4,8-9H2,1-3H3,(H,20,21). The number of guanidine groups is 1. The van der Waals surface area contributed by atoms with Crippen LogP contribution in [0.4, 0.5) is 13.2 Å². The molecule has 0 radical (unpaired) electrons. The molecule has 1 aromatic carbocycles. The predicted molar refractivity (Wildman–Crippen MR) is 90.3 cm³/mol. The van der Waals surface area contributed by atoms with Crippen LogP contribution in [0, 0.1) is 5.82 Å². The number of aliphatic imine (C=N–C) groups is 1. The average Bonchev–Trinajstić information content (AvgIpc) is 2.97. The van der Waals surface area contributed by atoms with E-state index in [0.717, 1.165) is 0 Å². The molecule has 10 heteroatoms. The normalized spacial score (nSPS) is 11.7. The number of aryl methyl sites for hydroxylation is 1. The van der Waals surface area contributed by atoms with Crippen LogP contribution in [0.25, 0.3) is 0 Å². The summed E-state index contributed by atoms with van der Waals surface area (Å²) in [5.41, 5.74) is -0.0322. The van der Waals surface area contributed by atoms with Gasteiger partial charge in [0.05, 0.1) is 18.7 Å². The Labute approximate surface area is 149 Å². The molecule has 0 aliphatic rings. The average molecular weight is 370 g/mol. The van der Waals surface area contributed by atoms with Crippen molar-refractivity contribution in [1.29, 1.82) is 0 Å². The predicted octanol–water partition coefficient (Wildman–Crippen LogP) is 2.15. The number of rotatable bonds is 7. The fraction of sp³-hybridized carbons (Fsp3) is 0.438. The van der Waals surface area contributed by atoms with Gasteiger partial charge in [0.15, 0.2) is 5.96 Å². The van der Waals surface area contributed by atoms with Crippen LogP contribution in [-0.4, -0.2) is 45.8 Å². The molecule has 0 aliphatic carbocycles. The van der Waals surface area contributed by atoms with Crippen LogP contribution in [0.2, 0.25) is 0 Å². The quantitative estimate of drug-likeness (QED) is 0.598. The molecular formula is C16H21F3N6O. The van der Waals surface area contributed by atoms with Gasteiger partial charge in [0.25, 0.3) is 0 Å². The summed E-state index contributed by atoms with van der Waals surface area (Å²) in [4.78, 5) is 10.3. The van der Waals surface area contributed by atoms with Crippen molar-refractivity contribution in [1.82, 2.24) is 25.0 Å². The lowest BCUT2D eigenvalue weighted by atomic mass is 10.2. The summed E-state index contributed by atoms with van der Waals surface area (Å²) in [6.07, 6.45) is 1.44. The number of halogens is 3. The molecule has 26 heavy (non-hydrogen) atoms. The number of hydrogen-bond acceptors (Lipinski definition) is 4. The molecule has 142 valence electrons. The Morgan fingerprint density at radius 1 is 1.42 bits per heavy atom. The van der Waals surface area contributed by atoms with E-state index >= 15 is 0 Å². The maximum atomic E-state index is 14.0. The number of hydrogen-bond donors (Lipinski definition) is 1. The van der Waals surface area contributed by atoms with Gasteiger partial charge in [-0.2, -0.15) is 13.9 Å². The Morgan fingerprint density at radius 3 is 2.81 bits per heavy atom. The minimum absolute atomic E-state index is 0.0322. The van der Waals surface area contributed by atoms with E-state index < -0.39 is 12.4 Å². The Kier molecular flexibility index (Phi) is 6.81. The van der Waals surface area contributed by atoms with Crippen molar-refractivity contribution in [2.24, 2.45) is 12.0 Å². The van der Waals surface area contributed by atoms with Crippen molar-refractivity contribution in [3.63, 3.8) is 0 Å². The number of benzene rings is 1. The van der Waals surface area contributed by atoms with Gasteiger partial charge >= 0.3 is 6.61 Å².